The van der Waals surface area contributed by atoms with Gasteiger partial charge in [-0.3, -0.25) is 4.79 Å². The maximum absolute atomic E-state index is 11.2. The highest BCUT2D eigenvalue weighted by Gasteiger charge is 2.15. The first kappa shape index (κ1) is 10.5. The van der Waals surface area contributed by atoms with Crippen molar-refractivity contribution in [2.45, 2.75) is 13.0 Å². The van der Waals surface area contributed by atoms with E-state index >= 15 is 0 Å². The van der Waals surface area contributed by atoms with Crippen LogP contribution in [0.3, 0.4) is 0 Å². The Balaban J connectivity index is 2.65. The van der Waals surface area contributed by atoms with Crippen molar-refractivity contribution < 1.29 is 14.3 Å². The number of furan rings is 1. The zero-order valence-corrected chi connectivity index (χ0v) is 7.99. The van der Waals surface area contributed by atoms with Crippen LogP contribution in [0.5, 0.6) is 0 Å². The lowest BCUT2D eigenvalue weighted by Gasteiger charge is -2.13. The molecule has 4 nitrogen and oxygen atoms in total. The predicted octanol–water partition coefficient (Wildman–Crippen LogP) is 1.01. The molecule has 0 spiro atoms. The van der Waals surface area contributed by atoms with Crippen molar-refractivity contribution in [3.63, 3.8) is 0 Å². The van der Waals surface area contributed by atoms with E-state index in [-0.39, 0.29) is 12.5 Å². The third-order valence-corrected chi connectivity index (χ3v) is 1.76. The van der Waals surface area contributed by atoms with Gasteiger partial charge in [-0.25, -0.2) is 0 Å². The first-order chi connectivity index (χ1) is 6.65. The summed E-state index contributed by atoms with van der Waals surface area (Å²) in [5.41, 5.74) is 0.398. The Labute approximate surface area is 82.2 Å². The monoisotopic (exact) mass is 195 g/mol. The van der Waals surface area contributed by atoms with E-state index in [1.54, 1.807) is 19.1 Å². The van der Waals surface area contributed by atoms with Crippen LogP contribution < -0.4 is 5.32 Å². The normalized spacial score (nSPS) is 12.1. The Bertz CT molecular complexity index is 316. The molecule has 0 aliphatic carbocycles. The molecule has 1 atom stereocenters. The van der Waals surface area contributed by atoms with E-state index < -0.39 is 6.04 Å². The SMILES string of the molecule is C=C(C)C(=O)NC(CO)c1ccco1. The van der Waals surface area contributed by atoms with Crippen molar-refractivity contribution in [1.29, 1.82) is 0 Å². The molecule has 0 saturated carbocycles. The van der Waals surface area contributed by atoms with Gasteiger partial charge in [-0.05, 0) is 19.1 Å². The largest absolute Gasteiger partial charge is 0.467 e. The van der Waals surface area contributed by atoms with E-state index in [0.717, 1.165) is 0 Å². The first-order valence-electron chi connectivity index (χ1n) is 4.25. The molecule has 1 aromatic rings. The zero-order chi connectivity index (χ0) is 10.6. The van der Waals surface area contributed by atoms with Crippen LogP contribution in [0.2, 0.25) is 0 Å². The van der Waals surface area contributed by atoms with Crippen LogP contribution in [0.15, 0.2) is 35.0 Å². The van der Waals surface area contributed by atoms with Crippen LogP contribution in [0, 0.1) is 0 Å². The average Bonchev–Trinajstić information content (AvgIpc) is 2.66. The molecule has 1 unspecified atom stereocenters. The van der Waals surface area contributed by atoms with Crippen molar-refractivity contribution in [3.8, 4) is 0 Å². The van der Waals surface area contributed by atoms with Crippen LogP contribution in [0.25, 0.3) is 0 Å². The van der Waals surface area contributed by atoms with E-state index in [2.05, 4.69) is 11.9 Å². The van der Waals surface area contributed by atoms with Gasteiger partial charge in [0.05, 0.1) is 12.9 Å². The van der Waals surface area contributed by atoms with Gasteiger partial charge in [-0.2, -0.15) is 0 Å². The third kappa shape index (κ3) is 2.47. The molecular weight excluding hydrogens is 182 g/mol. The molecule has 4 heteroatoms. The molecule has 1 amide bonds. The molecule has 1 rings (SSSR count). The van der Waals surface area contributed by atoms with Gasteiger partial charge in [0.1, 0.15) is 11.8 Å². The number of carbonyl (C=O) groups excluding carboxylic acids is 1. The smallest absolute Gasteiger partial charge is 0.246 e. The van der Waals surface area contributed by atoms with Gasteiger partial charge in [0.15, 0.2) is 0 Å². The molecule has 0 aliphatic heterocycles. The Kier molecular flexibility index (Phi) is 3.48. The summed E-state index contributed by atoms with van der Waals surface area (Å²) in [7, 11) is 0. The lowest BCUT2D eigenvalue weighted by molar-refractivity contribution is -0.118. The number of amides is 1. The fourth-order valence-electron chi connectivity index (χ4n) is 0.978. The highest BCUT2D eigenvalue weighted by atomic mass is 16.3. The van der Waals surface area contributed by atoms with Gasteiger partial charge in [0.2, 0.25) is 5.91 Å². The lowest BCUT2D eigenvalue weighted by atomic mass is 10.2. The van der Waals surface area contributed by atoms with Crippen molar-refractivity contribution in [2.75, 3.05) is 6.61 Å². The number of hydrogen-bond donors (Lipinski definition) is 2. The molecule has 1 aromatic heterocycles. The predicted molar refractivity (Wildman–Crippen MR) is 51.5 cm³/mol. The summed E-state index contributed by atoms with van der Waals surface area (Å²) < 4.78 is 5.06. The summed E-state index contributed by atoms with van der Waals surface area (Å²) in [6.07, 6.45) is 1.49. The molecule has 0 aliphatic rings. The molecular formula is C10H13NO3. The number of aliphatic hydroxyl groups excluding tert-OH is 1. The molecule has 1 heterocycles. The molecule has 2 N–H and O–H groups in total. The molecule has 0 saturated heterocycles. The van der Waals surface area contributed by atoms with E-state index in [1.807, 2.05) is 0 Å². The zero-order valence-electron chi connectivity index (χ0n) is 7.99. The fraction of sp³-hybridized carbons (Fsp3) is 0.300. The van der Waals surface area contributed by atoms with Gasteiger partial charge in [-0.1, -0.05) is 6.58 Å². The second-order valence-electron chi connectivity index (χ2n) is 3.00. The van der Waals surface area contributed by atoms with Crippen molar-refractivity contribution >= 4 is 5.91 Å². The standard InChI is InChI=1S/C10H13NO3/c1-7(2)10(13)11-8(6-12)9-4-3-5-14-9/h3-5,8,12H,1,6H2,2H3,(H,11,13). The summed E-state index contributed by atoms with van der Waals surface area (Å²) in [5.74, 6) is 0.238. The molecule has 0 radical (unpaired) electrons. The van der Waals surface area contributed by atoms with E-state index in [9.17, 15) is 4.79 Å². The molecule has 0 aromatic carbocycles. The van der Waals surface area contributed by atoms with Crippen LogP contribution in [0.1, 0.15) is 18.7 Å². The summed E-state index contributed by atoms with van der Waals surface area (Å²) in [5, 5.41) is 11.6. The molecule has 14 heavy (non-hydrogen) atoms. The van der Waals surface area contributed by atoms with Gasteiger partial charge >= 0.3 is 0 Å². The number of rotatable bonds is 4. The summed E-state index contributed by atoms with van der Waals surface area (Å²) in [4.78, 5) is 11.2. The van der Waals surface area contributed by atoms with Gasteiger partial charge < -0.3 is 14.8 Å². The number of carbonyl (C=O) groups is 1. The van der Waals surface area contributed by atoms with Gasteiger partial charge in [0.25, 0.3) is 0 Å². The topological polar surface area (TPSA) is 62.5 Å². The second kappa shape index (κ2) is 4.62. The molecule has 0 bridgehead atoms. The Morgan fingerprint density at radius 1 is 1.79 bits per heavy atom. The third-order valence-electron chi connectivity index (χ3n) is 1.76. The van der Waals surface area contributed by atoms with Crippen LogP contribution >= 0.6 is 0 Å². The second-order valence-corrected chi connectivity index (χ2v) is 3.00. The minimum atomic E-state index is -0.505. The highest BCUT2D eigenvalue weighted by molar-refractivity contribution is 5.92. The maximum Gasteiger partial charge on any atom is 0.246 e. The average molecular weight is 195 g/mol. The molecule has 76 valence electrons. The van der Waals surface area contributed by atoms with Gasteiger partial charge in [0, 0.05) is 5.57 Å². The quantitative estimate of drug-likeness (QED) is 0.705. The Hall–Kier alpha value is -1.55. The van der Waals surface area contributed by atoms with E-state index in [0.29, 0.717) is 11.3 Å². The number of nitrogens with one attached hydrogen (secondary N) is 1. The summed E-state index contributed by atoms with van der Waals surface area (Å²) in [6.45, 7) is 4.90. The van der Waals surface area contributed by atoms with Crippen LogP contribution in [-0.4, -0.2) is 17.6 Å². The van der Waals surface area contributed by atoms with E-state index in [1.165, 1.54) is 6.26 Å². The van der Waals surface area contributed by atoms with Crippen molar-refractivity contribution in [3.05, 3.63) is 36.3 Å². The van der Waals surface area contributed by atoms with Crippen LogP contribution in [-0.2, 0) is 4.79 Å². The molecule has 0 fully saturated rings. The Morgan fingerprint density at radius 3 is 2.93 bits per heavy atom. The number of aliphatic hydroxyl groups is 1. The lowest BCUT2D eigenvalue weighted by Crippen LogP contribution is -2.30. The first-order valence-corrected chi connectivity index (χ1v) is 4.25. The summed E-state index contributed by atoms with van der Waals surface area (Å²) in [6, 6.07) is 2.89. The van der Waals surface area contributed by atoms with Crippen LogP contribution in [0.4, 0.5) is 0 Å². The van der Waals surface area contributed by atoms with E-state index in [4.69, 9.17) is 9.52 Å². The maximum atomic E-state index is 11.2. The fourth-order valence-corrected chi connectivity index (χ4v) is 0.978. The minimum absolute atomic E-state index is 0.202. The van der Waals surface area contributed by atoms with Crippen molar-refractivity contribution in [1.82, 2.24) is 5.32 Å². The minimum Gasteiger partial charge on any atom is -0.467 e. The van der Waals surface area contributed by atoms with Gasteiger partial charge in [-0.15, -0.1) is 0 Å². The highest BCUT2D eigenvalue weighted by Crippen LogP contribution is 2.12. The Morgan fingerprint density at radius 2 is 2.50 bits per heavy atom. The summed E-state index contributed by atoms with van der Waals surface area (Å²) >= 11 is 0. The number of hydrogen-bond acceptors (Lipinski definition) is 3. The van der Waals surface area contributed by atoms with Crippen molar-refractivity contribution in [2.24, 2.45) is 0 Å².